The number of nitrogens with one attached hydrogen (secondary N) is 1. The van der Waals surface area contributed by atoms with Crippen molar-refractivity contribution >= 4 is 11.0 Å². The first kappa shape index (κ1) is 8.23. The van der Waals surface area contributed by atoms with Crippen LogP contribution in [0, 0.1) is 0 Å². The number of fused-ring (bicyclic) bond motifs is 1. The number of unbranched alkanes of at least 4 members (excludes halogenated alkanes) is 1. The molecule has 1 aromatic carbocycles. The van der Waals surface area contributed by atoms with Gasteiger partial charge in [-0.1, -0.05) is 25.5 Å². The molecule has 2 rings (SSSR count). The zero-order valence-electron chi connectivity index (χ0n) is 7.75. The fourth-order valence-electron chi connectivity index (χ4n) is 1.49. The Balaban J connectivity index is 2.37. The van der Waals surface area contributed by atoms with E-state index in [1.807, 2.05) is 12.1 Å². The number of hydrogen-bond donors (Lipinski definition) is 1. The molecule has 0 radical (unpaired) electrons. The van der Waals surface area contributed by atoms with E-state index in [9.17, 15) is 0 Å². The third kappa shape index (κ3) is 1.54. The van der Waals surface area contributed by atoms with Crippen molar-refractivity contribution in [2.24, 2.45) is 0 Å². The molecule has 0 atom stereocenters. The lowest BCUT2D eigenvalue weighted by Gasteiger charge is -1.98. The Labute approximate surface area is 77.2 Å². The van der Waals surface area contributed by atoms with Crippen LogP contribution < -0.4 is 0 Å². The van der Waals surface area contributed by atoms with E-state index < -0.39 is 0 Å². The maximum Gasteiger partial charge on any atom is 0.116 e. The Hall–Kier alpha value is -1.38. The Morgan fingerprint density at radius 1 is 1.31 bits per heavy atom. The molecule has 0 bridgehead atoms. The average molecular weight is 175 g/mol. The van der Waals surface area contributed by atoms with Crippen LogP contribution >= 0.6 is 0 Å². The molecule has 0 aliphatic heterocycles. The van der Waals surface area contributed by atoms with Crippen molar-refractivity contribution in [1.82, 2.24) is 15.4 Å². The van der Waals surface area contributed by atoms with Gasteiger partial charge in [-0.15, -0.1) is 0 Å². The van der Waals surface area contributed by atoms with Crippen molar-refractivity contribution in [3.8, 4) is 0 Å². The van der Waals surface area contributed by atoms with Crippen LogP contribution in [0.3, 0.4) is 0 Å². The van der Waals surface area contributed by atoms with Gasteiger partial charge < -0.3 is 0 Å². The molecule has 0 fully saturated rings. The minimum absolute atomic E-state index is 0.966. The van der Waals surface area contributed by atoms with Gasteiger partial charge in [0.25, 0.3) is 0 Å². The fraction of sp³-hybridized carbons (Fsp3) is 0.400. The Bertz CT molecular complexity index is 392. The van der Waals surface area contributed by atoms with Crippen LogP contribution in [0.4, 0.5) is 0 Å². The second-order valence-electron chi connectivity index (χ2n) is 3.21. The van der Waals surface area contributed by atoms with Crippen LogP contribution in [0.2, 0.25) is 0 Å². The quantitative estimate of drug-likeness (QED) is 0.777. The van der Waals surface area contributed by atoms with E-state index >= 15 is 0 Å². The smallest absolute Gasteiger partial charge is 0.116 e. The summed E-state index contributed by atoms with van der Waals surface area (Å²) in [5.74, 6) is 0. The molecule has 68 valence electrons. The number of rotatable bonds is 3. The summed E-state index contributed by atoms with van der Waals surface area (Å²) >= 11 is 0. The van der Waals surface area contributed by atoms with Crippen LogP contribution in [-0.2, 0) is 6.42 Å². The maximum atomic E-state index is 4.14. The van der Waals surface area contributed by atoms with Crippen molar-refractivity contribution in [2.75, 3.05) is 0 Å². The van der Waals surface area contributed by atoms with Crippen LogP contribution in [0.1, 0.15) is 25.3 Å². The van der Waals surface area contributed by atoms with Gasteiger partial charge in [0.2, 0.25) is 0 Å². The molecule has 3 heteroatoms. The predicted octanol–water partition coefficient (Wildman–Crippen LogP) is 2.30. The van der Waals surface area contributed by atoms with Crippen LogP contribution in [0.5, 0.6) is 0 Å². The molecule has 0 aliphatic rings. The van der Waals surface area contributed by atoms with Crippen molar-refractivity contribution in [2.45, 2.75) is 26.2 Å². The van der Waals surface area contributed by atoms with Gasteiger partial charge in [0, 0.05) is 0 Å². The number of aryl methyl sites for hydroxylation is 1. The predicted molar refractivity (Wildman–Crippen MR) is 52.5 cm³/mol. The topological polar surface area (TPSA) is 41.6 Å². The van der Waals surface area contributed by atoms with Gasteiger partial charge in [0.1, 0.15) is 11.0 Å². The molecule has 0 unspecified atom stereocenters. The van der Waals surface area contributed by atoms with E-state index in [2.05, 4.69) is 28.4 Å². The number of H-pyrrole nitrogens is 1. The fourth-order valence-corrected chi connectivity index (χ4v) is 1.49. The molecule has 1 N–H and O–H groups in total. The summed E-state index contributed by atoms with van der Waals surface area (Å²) in [7, 11) is 0. The largest absolute Gasteiger partial charge is 0.197 e. The lowest BCUT2D eigenvalue weighted by Crippen LogP contribution is -1.86. The number of aromatic nitrogens is 3. The molecule has 3 nitrogen and oxygen atoms in total. The van der Waals surface area contributed by atoms with Gasteiger partial charge in [-0.2, -0.15) is 15.4 Å². The van der Waals surface area contributed by atoms with Gasteiger partial charge in [0.05, 0.1) is 0 Å². The SMILES string of the molecule is CCCCc1cccc2n[nH]nc12. The Morgan fingerprint density at radius 2 is 2.23 bits per heavy atom. The highest BCUT2D eigenvalue weighted by atomic mass is 15.3. The second-order valence-corrected chi connectivity index (χ2v) is 3.21. The van der Waals surface area contributed by atoms with Gasteiger partial charge in [-0.05, 0) is 24.5 Å². The van der Waals surface area contributed by atoms with Gasteiger partial charge >= 0.3 is 0 Å². The van der Waals surface area contributed by atoms with E-state index in [0.29, 0.717) is 0 Å². The van der Waals surface area contributed by atoms with Crippen LogP contribution in [0.25, 0.3) is 11.0 Å². The first-order valence-electron chi connectivity index (χ1n) is 4.70. The monoisotopic (exact) mass is 175 g/mol. The number of benzene rings is 1. The molecular formula is C10H13N3. The van der Waals surface area contributed by atoms with Crippen molar-refractivity contribution in [3.63, 3.8) is 0 Å². The van der Waals surface area contributed by atoms with Gasteiger partial charge in [-0.3, -0.25) is 0 Å². The average Bonchev–Trinajstić information content (AvgIpc) is 2.62. The summed E-state index contributed by atoms with van der Waals surface area (Å²) in [6, 6.07) is 6.14. The molecular weight excluding hydrogens is 162 g/mol. The normalized spacial score (nSPS) is 10.8. The van der Waals surface area contributed by atoms with Crippen molar-refractivity contribution in [3.05, 3.63) is 23.8 Å². The Morgan fingerprint density at radius 3 is 3.08 bits per heavy atom. The zero-order chi connectivity index (χ0) is 9.10. The Kier molecular flexibility index (Phi) is 2.25. The van der Waals surface area contributed by atoms with Gasteiger partial charge in [-0.25, -0.2) is 0 Å². The zero-order valence-corrected chi connectivity index (χ0v) is 7.75. The number of aromatic amines is 1. The van der Waals surface area contributed by atoms with Gasteiger partial charge in [0.15, 0.2) is 0 Å². The summed E-state index contributed by atoms with van der Waals surface area (Å²) in [4.78, 5) is 0. The number of hydrogen-bond acceptors (Lipinski definition) is 2. The highest BCUT2D eigenvalue weighted by Gasteiger charge is 2.02. The molecule has 0 saturated heterocycles. The maximum absolute atomic E-state index is 4.14. The lowest BCUT2D eigenvalue weighted by molar-refractivity contribution is 0.797. The summed E-state index contributed by atoms with van der Waals surface area (Å²) in [5, 5.41) is 10.8. The molecule has 0 aliphatic carbocycles. The lowest BCUT2D eigenvalue weighted by atomic mass is 10.1. The number of nitrogens with zero attached hydrogens (tertiary/aromatic N) is 2. The van der Waals surface area contributed by atoms with Crippen molar-refractivity contribution < 1.29 is 0 Å². The standard InChI is InChI=1S/C10H13N3/c1-2-3-5-8-6-4-7-9-10(8)12-13-11-9/h4,6-7H,2-3,5H2,1H3,(H,11,12,13). The molecule has 1 heterocycles. The third-order valence-electron chi connectivity index (χ3n) is 2.23. The summed E-state index contributed by atoms with van der Waals surface area (Å²) < 4.78 is 0. The third-order valence-corrected chi connectivity index (χ3v) is 2.23. The van der Waals surface area contributed by atoms with Crippen LogP contribution in [0.15, 0.2) is 18.2 Å². The van der Waals surface area contributed by atoms with E-state index in [1.54, 1.807) is 0 Å². The highest BCUT2D eigenvalue weighted by molar-refractivity contribution is 5.77. The molecule has 2 aromatic rings. The summed E-state index contributed by atoms with van der Waals surface area (Å²) in [5.41, 5.74) is 3.29. The summed E-state index contributed by atoms with van der Waals surface area (Å²) in [6.07, 6.45) is 3.53. The van der Waals surface area contributed by atoms with Crippen LogP contribution in [-0.4, -0.2) is 15.4 Å². The number of para-hydroxylation sites is 1. The molecule has 0 amide bonds. The minimum atomic E-state index is 0.966. The first-order chi connectivity index (χ1) is 6.42. The van der Waals surface area contributed by atoms with E-state index in [1.165, 1.54) is 18.4 Å². The van der Waals surface area contributed by atoms with E-state index in [0.717, 1.165) is 17.5 Å². The van der Waals surface area contributed by atoms with E-state index in [4.69, 9.17) is 0 Å². The highest BCUT2D eigenvalue weighted by Crippen LogP contribution is 2.15. The molecule has 13 heavy (non-hydrogen) atoms. The minimum Gasteiger partial charge on any atom is -0.197 e. The molecule has 1 aromatic heterocycles. The van der Waals surface area contributed by atoms with E-state index in [-0.39, 0.29) is 0 Å². The second kappa shape index (κ2) is 3.56. The molecule has 0 spiro atoms. The van der Waals surface area contributed by atoms with Crippen molar-refractivity contribution in [1.29, 1.82) is 0 Å². The summed E-state index contributed by atoms with van der Waals surface area (Å²) in [6.45, 7) is 2.20. The first-order valence-corrected chi connectivity index (χ1v) is 4.70. The molecule has 0 saturated carbocycles.